The largest absolute Gasteiger partial charge is 0.383 e. The second-order valence-corrected chi connectivity index (χ2v) is 7.42. The lowest BCUT2D eigenvalue weighted by molar-refractivity contribution is 0.0941. The quantitative estimate of drug-likeness (QED) is 0.704. The highest BCUT2D eigenvalue weighted by Crippen LogP contribution is 2.42. The maximum absolute atomic E-state index is 12.4. The smallest absolute Gasteiger partial charge is 0.261 e. The van der Waals surface area contributed by atoms with Crippen molar-refractivity contribution < 1.29 is 9.53 Å². The molecule has 0 aliphatic heterocycles. The molecule has 1 N–H and O–H groups in total. The summed E-state index contributed by atoms with van der Waals surface area (Å²) in [5.41, 5.74) is 5.76. The van der Waals surface area contributed by atoms with E-state index in [9.17, 15) is 4.79 Å². The average Bonchev–Trinajstić information content (AvgIpc) is 3.23. The summed E-state index contributed by atoms with van der Waals surface area (Å²) in [4.78, 5) is 14.3. The van der Waals surface area contributed by atoms with E-state index in [0.29, 0.717) is 13.2 Å². The minimum atomic E-state index is -0.0314. The van der Waals surface area contributed by atoms with Gasteiger partial charge in [0.05, 0.1) is 28.6 Å². The molecule has 0 saturated heterocycles. The normalized spacial score (nSPS) is 12.5. The zero-order valence-electron chi connectivity index (χ0n) is 14.9. The number of carbonyl (C=O) groups excluding carboxylic acids is 1. The van der Waals surface area contributed by atoms with Gasteiger partial charge in [0.25, 0.3) is 5.91 Å². The predicted octanol–water partition coefficient (Wildman–Crippen LogP) is 3.38. The molecule has 1 amide bonds. The van der Waals surface area contributed by atoms with Crippen LogP contribution in [0.1, 0.15) is 26.6 Å². The van der Waals surface area contributed by atoms with E-state index in [1.165, 1.54) is 21.7 Å². The second kappa shape index (κ2) is 7.05. The number of hydrogen-bond acceptors (Lipinski definition) is 4. The van der Waals surface area contributed by atoms with Crippen LogP contribution < -0.4 is 5.32 Å². The molecule has 3 aromatic rings. The summed E-state index contributed by atoms with van der Waals surface area (Å²) in [6, 6.07) is 12.3. The van der Waals surface area contributed by atoms with Crippen molar-refractivity contribution in [1.29, 1.82) is 0 Å². The number of thiophene rings is 1. The molecule has 6 heteroatoms. The molecule has 0 fully saturated rings. The molecule has 2 heterocycles. The number of benzene rings is 1. The molecular weight excluding hydrogens is 346 g/mol. The first-order valence-electron chi connectivity index (χ1n) is 8.73. The van der Waals surface area contributed by atoms with Gasteiger partial charge in [-0.05, 0) is 43.5 Å². The number of nitrogens with zero attached hydrogens (tertiary/aromatic N) is 2. The van der Waals surface area contributed by atoms with Crippen LogP contribution in [0.15, 0.2) is 36.4 Å². The first kappa shape index (κ1) is 17.0. The molecule has 0 atom stereocenters. The molecule has 134 valence electrons. The summed E-state index contributed by atoms with van der Waals surface area (Å²) in [5, 5.41) is 7.69. The van der Waals surface area contributed by atoms with Crippen molar-refractivity contribution in [3.8, 4) is 16.1 Å². The van der Waals surface area contributed by atoms with E-state index in [0.717, 1.165) is 29.1 Å². The molecule has 4 rings (SSSR count). The van der Waals surface area contributed by atoms with E-state index in [1.807, 2.05) is 35.9 Å². The van der Waals surface area contributed by atoms with Crippen LogP contribution >= 0.6 is 11.3 Å². The molecule has 0 bridgehead atoms. The van der Waals surface area contributed by atoms with Crippen molar-refractivity contribution in [2.45, 2.75) is 19.8 Å². The van der Waals surface area contributed by atoms with Gasteiger partial charge in [-0.3, -0.25) is 4.79 Å². The van der Waals surface area contributed by atoms with Gasteiger partial charge in [0.2, 0.25) is 0 Å². The van der Waals surface area contributed by atoms with E-state index in [4.69, 9.17) is 9.84 Å². The molecular formula is C20H21N3O2S. The highest BCUT2D eigenvalue weighted by molar-refractivity contribution is 7.17. The Morgan fingerprint density at radius 1 is 1.31 bits per heavy atom. The van der Waals surface area contributed by atoms with Gasteiger partial charge in [0, 0.05) is 24.1 Å². The molecule has 0 unspecified atom stereocenters. The summed E-state index contributed by atoms with van der Waals surface area (Å²) in [7, 11) is 1.63. The molecule has 0 radical (unpaired) electrons. The number of carbonyl (C=O) groups is 1. The van der Waals surface area contributed by atoms with Crippen LogP contribution in [-0.2, 0) is 17.6 Å². The third kappa shape index (κ3) is 2.95. The molecule has 26 heavy (non-hydrogen) atoms. The lowest BCUT2D eigenvalue weighted by Crippen LogP contribution is -2.26. The summed E-state index contributed by atoms with van der Waals surface area (Å²) in [5.74, 6) is -0.0314. The van der Waals surface area contributed by atoms with E-state index < -0.39 is 0 Å². The third-order valence-corrected chi connectivity index (χ3v) is 5.83. The minimum absolute atomic E-state index is 0.0314. The molecule has 5 nitrogen and oxygen atoms in total. The number of fused-ring (bicyclic) bond motifs is 3. The van der Waals surface area contributed by atoms with Crippen LogP contribution in [0.3, 0.4) is 0 Å². The maximum atomic E-state index is 12.4. The first-order chi connectivity index (χ1) is 12.7. The van der Waals surface area contributed by atoms with Gasteiger partial charge in [0.1, 0.15) is 0 Å². The molecule has 1 aliphatic carbocycles. The number of nitrogens with one attached hydrogen (secondary N) is 1. The van der Waals surface area contributed by atoms with Crippen molar-refractivity contribution in [1.82, 2.24) is 15.1 Å². The van der Waals surface area contributed by atoms with Crippen molar-refractivity contribution in [2.24, 2.45) is 0 Å². The summed E-state index contributed by atoms with van der Waals surface area (Å²) >= 11 is 1.56. The Morgan fingerprint density at radius 3 is 2.88 bits per heavy atom. The number of amides is 1. The van der Waals surface area contributed by atoms with Crippen LogP contribution in [0, 0.1) is 6.92 Å². The van der Waals surface area contributed by atoms with Gasteiger partial charge in [-0.1, -0.05) is 18.2 Å². The lowest BCUT2D eigenvalue weighted by Gasteiger charge is -2.14. The van der Waals surface area contributed by atoms with Crippen molar-refractivity contribution in [3.05, 3.63) is 58.2 Å². The fourth-order valence-corrected chi connectivity index (χ4v) is 4.67. The fourth-order valence-electron chi connectivity index (χ4n) is 3.43. The summed E-state index contributed by atoms with van der Waals surface area (Å²) in [6.45, 7) is 3.09. The number of hydrogen-bond donors (Lipinski definition) is 1. The van der Waals surface area contributed by atoms with Gasteiger partial charge in [0.15, 0.2) is 0 Å². The highest BCUT2D eigenvalue weighted by Gasteiger charge is 2.27. The Balaban J connectivity index is 1.70. The number of methoxy groups -OCH3 is 1. The van der Waals surface area contributed by atoms with Gasteiger partial charge < -0.3 is 10.1 Å². The number of aryl methyl sites for hydroxylation is 2. The Morgan fingerprint density at radius 2 is 2.12 bits per heavy atom. The maximum Gasteiger partial charge on any atom is 0.261 e. The van der Waals surface area contributed by atoms with E-state index in [-0.39, 0.29) is 5.91 Å². The Bertz CT molecular complexity index is 944. The van der Waals surface area contributed by atoms with Gasteiger partial charge >= 0.3 is 0 Å². The average molecular weight is 367 g/mol. The van der Waals surface area contributed by atoms with E-state index >= 15 is 0 Å². The molecule has 2 aromatic heterocycles. The minimum Gasteiger partial charge on any atom is -0.383 e. The Hall–Kier alpha value is -2.44. The third-order valence-electron chi connectivity index (χ3n) is 4.64. The standard InChI is InChI=1S/C20H21N3O2S/c1-13-18-16(23(22-13)15-6-4-3-5-7-15)9-8-14-12-17(26-19(14)18)20(24)21-10-11-25-2/h3-7,12H,8-11H2,1-2H3,(H,21,24). The molecule has 0 saturated carbocycles. The Labute approximate surface area is 156 Å². The topological polar surface area (TPSA) is 56.1 Å². The van der Waals surface area contributed by atoms with Crippen molar-refractivity contribution >= 4 is 17.2 Å². The zero-order chi connectivity index (χ0) is 18.1. The molecule has 1 aliphatic rings. The SMILES string of the molecule is COCCNC(=O)c1cc2c(s1)-c1c(C)nn(-c3ccccc3)c1CC2. The zero-order valence-corrected chi connectivity index (χ0v) is 15.7. The number of aromatic nitrogens is 2. The van der Waals surface area contributed by atoms with E-state index in [2.05, 4.69) is 17.4 Å². The summed E-state index contributed by atoms with van der Waals surface area (Å²) < 4.78 is 7.04. The van der Waals surface area contributed by atoms with Gasteiger partial charge in [-0.25, -0.2) is 4.68 Å². The fraction of sp³-hybridized carbons (Fsp3) is 0.300. The Kier molecular flexibility index (Phi) is 4.61. The number of para-hydroxylation sites is 1. The number of ether oxygens (including phenoxy) is 1. The monoisotopic (exact) mass is 367 g/mol. The van der Waals surface area contributed by atoms with Crippen molar-refractivity contribution in [3.63, 3.8) is 0 Å². The van der Waals surface area contributed by atoms with Crippen LogP contribution in [0.5, 0.6) is 0 Å². The highest BCUT2D eigenvalue weighted by atomic mass is 32.1. The molecule has 1 aromatic carbocycles. The van der Waals surface area contributed by atoms with Crippen LogP contribution in [0.25, 0.3) is 16.1 Å². The van der Waals surface area contributed by atoms with Gasteiger partial charge in [-0.2, -0.15) is 5.10 Å². The molecule has 0 spiro atoms. The first-order valence-corrected chi connectivity index (χ1v) is 9.55. The summed E-state index contributed by atoms with van der Waals surface area (Å²) in [6.07, 6.45) is 1.86. The van der Waals surface area contributed by atoms with E-state index in [1.54, 1.807) is 18.4 Å². The predicted molar refractivity (Wildman–Crippen MR) is 103 cm³/mol. The van der Waals surface area contributed by atoms with Crippen LogP contribution in [-0.4, -0.2) is 35.9 Å². The van der Waals surface area contributed by atoms with Crippen LogP contribution in [0.4, 0.5) is 0 Å². The van der Waals surface area contributed by atoms with Crippen molar-refractivity contribution in [2.75, 3.05) is 20.3 Å². The van der Waals surface area contributed by atoms with Gasteiger partial charge in [-0.15, -0.1) is 11.3 Å². The lowest BCUT2D eigenvalue weighted by atomic mass is 9.95. The number of rotatable bonds is 5. The second-order valence-electron chi connectivity index (χ2n) is 6.37. The van der Waals surface area contributed by atoms with Crippen LogP contribution in [0.2, 0.25) is 0 Å².